The Morgan fingerprint density at radius 3 is 2.83 bits per heavy atom. The average Bonchev–Trinajstić information content (AvgIpc) is 3.14. The van der Waals surface area contributed by atoms with Gasteiger partial charge in [0.1, 0.15) is 11.5 Å². The van der Waals surface area contributed by atoms with Gasteiger partial charge < -0.3 is 10.6 Å². The molecule has 18 heavy (non-hydrogen) atoms. The van der Waals surface area contributed by atoms with Gasteiger partial charge in [-0.1, -0.05) is 0 Å². The van der Waals surface area contributed by atoms with Crippen molar-refractivity contribution >= 4 is 11.4 Å². The molecule has 2 rings (SSSR count). The van der Waals surface area contributed by atoms with Crippen molar-refractivity contribution in [2.75, 3.05) is 18.4 Å². The Bertz CT molecular complexity index is 435. The lowest BCUT2D eigenvalue weighted by Gasteiger charge is -2.07. The monoisotopic (exact) mass is 253 g/mol. The highest BCUT2D eigenvalue weighted by molar-refractivity contribution is 5.61. The molecule has 0 aliphatic heterocycles. The quantitative estimate of drug-likeness (QED) is 0.444. The van der Waals surface area contributed by atoms with E-state index in [4.69, 9.17) is 0 Å². The molecule has 5 nitrogen and oxygen atoms in total. The lowest BCUT2D eigenvalue weighted by atomic mass is 10.2. The van der Waals surface area contributed by atoms with Gasteiger partial charge in [0.05, 0.1) is 11.0 Å². The van der Waals surface area contributed by atoms with Gasteiger partial charge in [0.15, 0.2) is 0 Å². The summed E-state index contributed by atoms with van der Waals surface area (Å²) in [4.78, 5) is 10.2. The summed E-state index contributed by atoms with van der Waals surface area (Å²) in [6, 6.07) is 4.23. The minimum absolute atomic E-state index is 0.217. The Kier molecular flexibility index (Phi) is 4.09. The first-order valence-electron chi connectivity index (χ1n) is 6.08. The molecule has 0 atom stereocenters. The van der Waals surface area contributed by atoms with Crippen LogP contribution >= 0.6 is 0 Å². The zero-order chi connectivity index (χ0) is 13.0. The van der Waals surface area contributed by atoms with Crippen LogP contribution in [0.3, 0.4) is 0 Å². The van der Waals surface area contributed by atoms with Crippen LogP contribution in [0.15, 0.2) is 18.2 Å². The number of nitro groups is 1. The predicted octanol–water partition coefficient (Wildman–Crippen LogP) is 2.29. The molecule has 1 aliphatic rings. The molecular weight excluding hydrogens is 237 g/mol. The maximum atomic E-state index is 12.9. The van der Waals surface area contributed by atoms with Gasteiger partial charge in [-0.2, -0.15) is 0 Å². The molecule has 0 radical (unpaired) electrons. The maximum Gasteiger partial charge on any atom is 0.295 e. The number of rotatable bonds is 7. The number of nitrogens with one attached hydrogen (secondary N) is 2. The first kappa shape index (κ1) is 12.8. The van der Waals surface area contributed by atoms with Gasteiger partial charge in [-0.25, -0.2) is 4.39 Å². The van der Waals surface area contributed by atoms with Crippen LogP contribution in [0.25, 0.3) is 0 Å². The van der Waals surface area contributed by atoms with E-state index in [0.717, 1.165) is 19.0 Å². The third kappa shape index (κ3) is 3.66. The Balaban J connectivity index is 1.81. The van der Waals surface area contributed by atoms with E-state index in [1.54, 1.807) is 0 Å². The Morgan fingerprint density at radius 2 is 2.17 bits per heavy atom. The number of nitro benzene ring substituents is 1. The summed E-state index contributed by atoms with van der Waals surface area (Å²) in [5.41, 5.74) is 0.151. The molecular formula is C12H16FN3O2. The molecule has 0 saturated heterocycles. The number of anilines is 1. The van der Waals surface area contributed by atoms with Gasteiger partial charge >= 0.3 is 0 Å². The third-order valence-corrected chi connectivity index (χ3v) is 2.84. The van der Waals surface area contributed by atoms with Gasteiger partial charge in [0, 0.05) is 12.6 Å². The second-order valence-electron chi connectivity index (χ2n) is 4.43. The molecule has 1 aromatic rings. The fourth-order valence-corrected chi connectivity index (χ4v) is 1.71. The standard InChI is InChI=1S/C12H16FN3O2/c13-9-2-5-11(12(8-9)16(17)18)15-7-1-6-14-10-3-4-10/h2,5,8,10,14-15H,1,3-4,6-7H2. The highest BCUT2D eigenvalue weighted by Gasteiger charge is 2.19. The molecule has 1 aromatic carbocycles. The van der Waals surface area contributed by atoms with E-state index in [0.29, 0.717) is 18.3 Å². The van der Waals surface area contributed by atoms with E-state index < -0.39 is 10.7 Å². The normalized spacial score (nSPS) is 14.5. The van der Waals surface area contributed by atoms with E-state index in [1.165, 1.54) is 25.0 Å². The highest BCUT2D eigenvalue weighted by Crippen LogP contribution is 2.24. The van der Waals surface area contributed by atoms with Gasteiger partial charge in [-0.15, -0.1) is 0 Å². The largest absolute Gasteiger partial charge is 0.379 e. The number of benzene rings is 1. The summed E-state index contributed by atoms with van der Waals surface area (Å²) in [6.45, 7) is 1.53. The zero-order valence-electron chi connectivity index (χ0n) is 9.99. The Morgan fingerprint density at radius 1 is 1.39 bits per heavy atom. The van der Waals surface area contributed by atoms with Crippen molar-refractivity contribution in [1.82, 2.24) is 5.32 Å². The molecule has 0 heterocycles. The van der Waals surface area contributed by atoms with E-state index in [2.05, 4.69) is 10.6 Å². The van der Waals surface area contributed by atoms with Crippen LogP contribution in [0.5, 0.6) is 0 Å². The van der Waals surface area contributed by atoms with Crippen LogP contribution in [0, 0.1) is 15.9 Å². The lowest BCUT2D eigenvalue weighted by molar-refractivity contribution is -0.384. The smallest absolute Gasteiger partial charge is 0.295 e. The SMILES string of the molecule is O=[N+]([O-])c1cc(F)ccc1NCCCNC1CC1. The molecule has 2 N–H and O–H groups in total. The van der Waals surface area contributed by atoms with Crippen LogP contribution in [0.1, 0.15) is 19.3 Å². The van der Waals surface area contributed by atoms with E-state index >= 15 is 0 Å². The summed E-state index contributed by atoms with van der Waals surface area (Å²) in [5.74, 6) is -0.595. The minimum atomic E-state index is -0.595. The molecule has 1 fully saturated rings. The Hall–Kier alpha value is -1.69. The van der Waals surface area contributed by atoms with Gasteiger partial charge in [-0.05, 0) is 37.9 Å². The molecule has 1 aliphatic carbocycles. The number of nitrogens with zero attached hydrogens (tertiary/aromatic N) is 1. The number of hydrogen-bond donors (Lipinski definition) is 2. The molecule has 1 saturated carbocycles. The molecule has 0 bridgehead atoms. The van der Waals surface area contributed by atoms with Crippen molar-refractivity contribution in [1.29, 1.82) is 0 Å². The second-order valence-corrected chi connectivity index (χ2v) is 4.43. The molecule has 0 spiro atoms. The van der Waals surface area contributed by atoms with Gasteiger partial charge in [-0.3, -0.25) is 10.1 Å². The molecule has 6 heteroatoms. The second kappa shape index (κ2) is 5.77. The summed E-state index contributed by atoms with van der Waals surface area (Å²) < 4.78 is 12.9. The van der Waals surface area contributed by atoms with Gasteiger partial charge in [0.2, 0.25) is 0 Å². The predicted molar refractivity (Wildman–Crippen MR) is 67.2 cm³/mol. The minimum Gasteiger partial charge on any atom is -0.379 e. The van der Waals surface area contributed by atoms with Crippen molar-refractivity contribution in [2.24, 2.45) is 0 Å². The molecule has 98 valence electrons. The van der Waals surface area contributed by atoms with Crippen LogP contribution < -0.4 is 10.6 Å². The van der Waals surface area contributed by atoms with Crippen LogP contribution in [-0.2, 0) is 0 Å². The van der Waals surface area contributed by atoms with Crippen LogP contribution in [-0.4, -0.2) is 24.1 Å². The lowest BCUT2D eigenvalue weighted by Crippen LogP contribution is -2.20. The van der Waals surface area contributed by atoms with Crippen LogP contribution in [0.4, 0.5) is 15.8 Å². The van der Waals surface area contributed by atoms with Crippen molar-refractivity contribution in [3.8, 4) is 0 Å². The fourth-order valence-electron chi connectivity index (χ4n) is 1.71. The highest BCUT2D eigenvalue weighted by atomic mass is 19.1. The summed E-state index contributed by atoms with van der Waals surface area (Å²) >= 11 is 0. The van der Waals surface area contributed by atoms with Crippen molar-refractivity contribution < 1.29 is 9.31 Å². The van der Waals surface area contributed by atoms with Crippen molar-refractivity contribution in [3.63, 3.8) is 0 Å². The fraction of sp³-hybridized carbons (Fsp3) is 0.500. The number of hydrogen-bond acceptors (Lipinski definition) is 4. The van der Waals surface area contributed by atoms with Crippen LogP contribution in [0.2, 0.25) is 0 Å². The molecule has 0 aromatic heterocycles. The molecule has 0 amide bonds. The molecule has 0 unspecified atom stereocenters. The zero-order valence-corrected chi connectivity index (χ0v) is 9.99. The van der Waals surface area contributed by atoms with E-state index in [1.807, 2.05) is 0 Å². The van der Waals surface area contributed by atoms with E-state index in [9.17, 15) is 14.5 Å². The first-order valence-corrected chi connectivity index (χ1v) is 6.08. The number of halogens is 1. The maximum absolute atomic E-state index is 12.9. The van der Waals surface area contributed by atoms with Crippen molar-refractivity contribution in [3.05, 3.63) is 34.1 Å². The van der Waals surface area contributed by atoms with Gasteiger partial charge in [0.25, 0.3) is 5.69 Å². The van der Waals surface area contributed by atoms with E-state index in [-0.39, 0.29) is 5.69 Å². The first-order chi connectivity index (χ1) is 8.66. The Labute approximate surface area is 105 Å². The summed E-state index contributed by atoms with van der Waals surface area (Å²) in [5, 5.41) is 17.1. The summed E-state index contributed by atoms with van der Waals surface area (Å²) in [6.07, 6.45) is 3.37. The summed E-state index contributed by atoms with van der Waals surface area (Å²) in [7, 11) is 0. The topological polar surface area (TPSA) is 67.2 Å². The van der Waals surface area contributed by atoms with Crippen molar-refractivity contribution in [2.45, 2.75) is 25.3 Å². The third-order valence-electron chi connectivity index (χ3n) is 2.84. The average molecular weight is 253 g/mol.